The molecule has 0 spiro atoms. The van der Waals surface area contributed by atoms with Crippen LogP contribution in [0.5, 0.6) is 0 Å². The van der Waals surface area contributed by atoms with E-state index in [2.05, 4.69) is 42.7 Å². The summed E-state index contributed by atoms with van der Waals surface area (Å²) in [6.07, 6.45) is 7.74. The van der Waals surface area contributed by atoms with Crippen LogP contribution in [0, 0.1) is 5.92 Å². The molecule has 94 valence electrons. The van der Waals surface area contributed by atoms with E-state index in [1.165, 1.54) is 25.7 Å². The Kier molecular flexibility index (Phi) is 5.64. The van der Waals surface area contributed by atoms with E-state index >= 15 is 0 Å². The van der Waals surface area contributed by atoms with E-state index in [1.807, 2.05) is 6.34 Å². The zero-order valence-corrected chi connectivity index (χ0v) is 11.3. The number of hydrogen-bond acceptors (Lipinski definition) is 3. The molecule has 1 heterocycles. The minimum atomic E-state index is 0.478. The number of unbranched alkanes of at least 4 members (excludes halogenated alkanes) is 3. The third-order valence-corrected chi connectivity index (χ3v) is 3.20. The summed E-state index contributed by atoms with van der Waals surface area (Å²) in [7, 11) is 0. The van der Waals surface area contributed by atoms with Crippen molar-refractivity contribution < 1.29 is 0 Å². The Morgan fingerprint density at radius 1 is 1.19 bits per heavy atom. The smallest absolute Gasteiger partial charge is 0.121 e. The fraction of sp³-hybridized carbons (Fsp3) is 0.923. The summed E-state index contributed by atoms with van der Waals surface area (Å²) < 4.78 is 0. The van der Waals surface area contributed by atoms with E-state index in [9.17, 15) is 0 Å². The highest BCUT2D eigenvalue weighted by molar-refractivity contribution is 5.57. The Hall–Kier alpha value is -0.730. The van der Waals surface area contributed by atoms with Crippen molar-refractivity contribution in [2.75, 3.05) is 13.1 Å². The second kappa shape index (κ2) is 6.77. The maximum Gasteiger partial charge on any atom is 0.121 e. The third kappa shape index (κ3) is 3.39. The van der Waals surface area contributed by atoms with E-state index in [0.717, 1.165) is 13.1 Å². The highest BCUT2D eigenvalue weighted by Gasteiger charge is 2.28. The van der Waals surface area contributed by atoms with Gasteiger partial charge < -0.3 is 4.90 Å². The van der Waals surface area contributed by atoms with Crippen LogP contribution in [-0.2, 0) is 0 Å². The molecule has 0 aromatic rings. The second-order valence-electron chi connectivity index (χ2n) is 4.94. The summed E-state index contributed by atoms with van der Waals surface area (Å²) in [4.78, 5) is 2.34. The van der Waals surface area contributed by atoms with Crippen molar-refractivity contribution in [2.24, 2.45) is 11.0 Å². The van der Waals surface area contributed by atoms with Crippen LogP contribution in [-0.4, -0.2) is 35.5 Å². The van der Waals surface area contributed by atoms with Gasteiger partial charge in [-0.1, -0.05) is 40.0 Å². The van der Waals surface area contributed by atoms with Crippen molar-refractivity contribution in [3.63, 3.8) is 0 Å². The molecule has 3 heteroatoms. The Morgan fingerprint density at radius 2 is 1.94 bits per heavy atom. The van der Waals surface area contributed by atoms with Crippen molar-refractivity contribution in [1.29, 1.82) is 0 Å². The molecule has 0 N–H and O–H groups in total. The van der Waals surface area contributed by atoms with E-state index in [-0.39, 0.29) is 0 Å². The Labute approximate surface area is 100 Å². The van der Waals surface area contributed by atoms with E-state index in [4.69, 9.17) is 0 Å². The van der Waals surface area contributed by atoms with E-state index in [1.54, 1.807) is 0 Å². The molecule has 16 heavy (non-hydrogen) atoms. The molecular formula is C13H27N3. The van der Waals surface area contributed by atoms with Crippen LogP contribution in [0.25, 0.3) is 0 Å². The molecule has 0 saturated carbocycles. The number of hydrogen-bond donors (Lipinski definition) is 0. The maximum atomic E-state index is 4.52. The highest BCUT2D eigenvalue weighted by Crippen LogP contribution is 2.20. The van der Waals surface area contributed by atoms with Crippen LogP contribution in [0.4, 0.5) is 0 Å². The highest BCUT2D eigenvalue weighted by atomic mass is 15.6. The van der Waals surface area contributed by atoms with Gasteiger partial charge >= 0.3 is 0 Å². The molecule has 3 nitrogen and oxygen atoms in total. The van der Waals surface area contributed by atoms with Crippen LogP contribution in [0.2, 0.25) is 0 Å². The average Bonchev–Trinajstić information content (AvgIpc) is 2.67. The predicted octanol–water partition coefficient (Wildman–Crippen LogP) is 3.13. The van der Waals surface area contributed by atoms with Gasteiger partial charge in [-0.25, -0.2) is 0 Å². The Bertz CT molecular complexity index is 213. The van der Waals surface area contributed by atoms with E-state index in [0.29, 0.717) is 12.1 Å². The lowest BCUT2D eigenvalue weighted by Crippen LogP contribution is -2.43. The second-order valence-corrected chi connectivity index (χ2v) is 4.94. The van der Waals surface area contributed by atoms with Gasteiger partial charge in [0.15, 0.2) is 0 Å². The lowest BCUT2D eigenvalue weighted by molar-refractivity contribution is 0.0903. The van der Waals surface area contributed by atoms with Crippen molar-refractivity contribution in [2.45, 2.75) is 59.5 Å². The van der Waals surface area contributed by atoms with Crippen molar-refractivity contribution in [1.82, 2.24) is 9.91 Å². The molecule has 0 aromatic carbocycles. The quantitative estimate of drug-likeness (QED) is 0.620. The van der Waals surface area contributed by atoms with Crippen LogP contribution in [0.15, 0.2) is 5.10 Å². The summed E-state index contributed by atoms with van der Waals surface area (Å²) in [5.74, 6) is 0.633. The van der Waals surface area contributed by atoms with Gasteiger partial charge in [-0.15, -0.1) is 0 Å². The monoisotopic (exact) mass is 225 g/mol. The first kappa shape index (κ1) is 13.3. The molecular weight excluding hydrogens is 198 g/mol. The van der Waals surface area contributed by atoms with Crippen molar-refractivity contribution in [3.05, 3.63) is 0 Å². The average molecular weight is 225 g/mol. The maximum absolute atomic E-state index is 4.52. The predicted molar refractivity (Wildman–Crippen MR) is 70.3 cm³/mol. The topological polar surface area (TPSA) is 18.8 Å². The first-order valence-electron chi connectivity index (χ1n) is 6.77. The van der Waals surface area contributed by atoms with Gasteiger partial charge in [0.1, 0.15) is 12.5 Å². The lowest BCUT2D eigenvalue weighted by Gasteiger charge is -2.32. The molecule has 0 fully saturated rings. The number of nitrogens with zero attached hydrogens (tertiary/aromatic N) is 3. The van der Waals surface area contributed by atoms with Crippen molar-refractivity contribution in [3.8, 4) is 0 Å². The number of hydrazone groups is 1. The zero-order chi connectivity index (χ0) is 12.0. The number of rotatable bonds is 7. The molecule has 1 rings (SSSR count). The summed E-state index contributed by atoms with van der Waals surface area (Å²) in [5.41, 5.74) is 0. The molecule has 0 bridgehead atoms. The minimum Gasteiger partial charge on any atom is -0.339 e. The first-order chi connectivity index (χ1) is 7.70. The normalized spacial score (nSPS) is 20.2. The molecule has 0 saturated heterocycles. The summed E-state index contributed by atoms with van der Waals surface area (Å²) >= 11 is 0. The van der Waals surface area contributed by atoms with Gasteiger partial charge in [-0.2, -0.15) is 5.10 Å². The third-order valence-electron chi connectivity index (χ3n) is 3.20. The largest absolute Gasteiger partial charge is 0.339 e. The van der Waals surface area contributed by atoms with Crippen LogP contribution in [0.1, 0.15) is 53.4 Å². The van der Waals surface area contributed by atoms with Gasteiger partial charge in [-0.05, 0) is 19.3 Å². The van der Waals surface area contributed by atoms with Gasteiger partial charge in [0.2, 0.25) is 0 Å². The lowest BCUT2D eigenvalue weighted by atomic mass is 10.1. The van der Waals surface area contributed by atoms with E-state index < -0.39 is 0 Å². The fourth-order valence-corrected chi connectivity index (χ4v) is 2.33. The fourth-order valence-electron chi connectivity index (χ4n) is 2.33. The summed E-state index contributed by atoms with van der Waals surface area (Å²) in [5, 5.41) is 6.79. The van der Waals surface area contributed by atoms with Gasteiger partial charge in [-0.3, -0.25) is 5.01 Å². The SMILES string of the molecule is CCCCCCN1N=CN(CC)C1C(C)C. The standard InChI is InChI=1S/C13H27N3/c1-5-7-8-9-10-16-13(12(3)4)15(6-2)11-14-16/h11-13H,5-10H2,1-4H3. The first-order valence-corrected chi connectivity index (χ1v) is 6.77. The Balaban J connectivity index is 2.37. The molecule has 1 unspecified atom stereocenters. The summed E-state index contributed by atoms with van der Waals surface area (Å²) in [6.45, 7) is 11.2. The molecule has 1 aliphatic rings. The zero-order valence-electron chi connectivity index (χ0n) is 11.3. The molecule has 0 aliphatic carbocycles. The minimum absolute atomic E-state index is 0.478. The van der Waals surface area contributed by atoms with Crippen molar-refractivity contribution >= 4 is 6.34 Å². The van der Waals surface area contributed by atoms with Gasteiger partial charge in [0.05, 0.1) is 0 Å². The molecule has 0 aromatic heterocycles. The molecule has 0 radical (unpaired) electrons. The van der Waals surface area contributed by atoms with Crippen LogP contribution >= 0.6 is 0 Å². The van der Waals surface area contributed by atoms with Gasteiger partial charge in [0.25, 0.3) is 0 Å². The molecule has 0 amide bonds. The van der Waals surface area contributed by atoms with Crippen LogP contribution < -0.4 is 0 Å². The molecule has 1 atom stereocenters. The van der Waals surface area contributed by atoms with Gasteiger partial charge in [0, 0.05) is 13.1 Å². The van der Waals surface area contributed by atoms with Crippen LogP contribution in [0.3, 0.4) is 0 Å². The Morgan fingerprint density at radius 3 is 2.50 bits per heavy atom. The molecule has 1 aliphatic heterocycles. The summed E-state index contributed by atoms with van der Waals surface area (Å²) in [6, 6.07) is 0.